The summed E-state index contributed by atoms with van der Waals surface area (Å²) in [6.07, 6.45) is 0.685. The van der Waals surface area contributed by atoms with Crippen LogP contribution >= 0.6 is 11.3 Å². The monoisotopic (exact) mass is 332 g/mol. The second kappa shape index (κ2) is 7.87. The Morgan fingerprint density at radius 2 is 1.96 bits per heavy atom. The summed E-state index contributed by atoms with van der Waals surface area (Å²) < 4.78 is 4.98. The van der Waals surface area contributed by atoms with Gasteiger partial charge in [0.1, 0.15) is 4.88 Å². The van der Waals surface area contributed by atoms with E-state index in [1.54, 1.807) is 13.8 Å². The van der Waals surface area contributed by atoms with Gasteiger partial charge in [0, 0.05) is 0 Å². The normalized spacial score (nSPS) is 11.8. The zero-order chi connectivity index (χ0) is 16.8. The van der Waals surface area contributed by atoms with Crippen molar-refractivity contribution >= 4 is 28.3 Å². The Morgan fingerprint density at radius 3 is 2.57 bits per heavy atom. The molecule has 1 heterocycles. The van der Waals surface area contributed by atoms with Gasteiger partial charge in [-0.15, -0.1) is 0 Å². The minimum Gasteiger partial charge on any atom is -0.462 e. The molecule has 0 unspecified atom stereocenters. The summed E-state index contributed by atoms with van der Waals surface area (Å²) in [5, 5.41) is 3.23. The first-order valence-corrected chi connectivity index (χ1v) is 8.38. The van der Waals surface area contributed by atoms with E-state index in [1.807, 2.05) is 37.3 Å². The number of rotatable bonds is 6. The van der Waals surface area contributed by atoms with Crippen molar-refractivity contribution in [1.29, 1.82) is 0 Å². The number of esters is 1. The van der Waals surface area contributed by atoms with Gasteiger partial charge >= 0.3 is 5.97 Å². The molecule has 0 radical (unpaired) electrons. The van der Waals surface area contributed by atoms with Crippen LogP contribution in [0.4, 0.5) is 5.13 Å². The van der Waals surface area contributed by atoms with Crippen LogP contribution < -0.4 is 5.32 Å². The Balaban J connectivity index is 2.13. The quantitative estimate of drug-likeness (QED) is 0.818. The zero-order valence-electron chi connectivity index (χ0n) is 13.5. The van der Waals surface area contributed by atoms with Crippen LogP contribution in [-0.2, 0) is 9.53 Å². The number of anilines is 1. The minimum atomic E-state index is -0.405. The van der Waals surface area contributed by atoms with Gasteiger partial charge in [-0.2, -0.15) is 0 Å². The summed E-state index contributed by atoms with van der Waals surface area (Å²) in [6.45, 7) is 5.76. The molecule has 1 amide bonds. The fourth-order valence-electron chi connectivity index (χ4n) is 2.29. The molecule has 0 bridgehead atoms. The summed E-state index contributed by atoms with van der Waals surface area (Å²) in [5.41, 5.74) is 1.53. The van der Waals surface area contributed by atoms with Crippen LogP contribution in [0.2, 0.25) is 0 Å². The van der Waals surface area contributed by atoms with Crippen LogP contribution in [0.25, 0.3) is 0 Å². The van der Waals surface area contributed by atoms with Crippen LogP contribution in [-0.4, -0.2) is 23.5 Å². The Labute approximate surface area is 139 Å². The largest absolute Gasteiger partial charge is 0.462 e. The lowest BCUT2D eigenvalue weighted by atomic mass is 9.96. The van der Waals surface area contributed by atoms with E-state index in [0.29, 0.717) is 28.7 Å². The van der Waals surface area contributed by atoms with Crippen LogP contribution in [0.5, 0.6) is 0 Å². The third-order valence-corrected chi connectivity index (χ3v) is 4.47. The van der Waals surface area contributed by atoms with Gasteiger partial charge in [0.2, 0.25) is 5.91 Å². The molecule has 1 aromatic heterocycles. The van der Waals surface area contributed by atoms with Crippen molar-refractivity contribution < 1.29 is 14.3 Å². The molecular weight excluding hydrogens is 312 g/mol. The van der Waals surface area contributed by atoms with Crippen molar-refractivity contribution in [3.63, 3.8) is 0 Å². The highest BCUT2D eigenvalue weighted by Crippen LogP contribution is 2.26. The number of carbonyl (C=O) groups is 2. The maximum Gasteiger partial charge on any atom is 0.350 e. The first kappa shape index (κ1) is 17.1. The highest BCUT2D eigenvalue weighted by Gasteiger charge is 2.22. The number of amides is 1. The van der Waals surface area contributed by atoms with Gasteiger partial charge in [0.25, 0.3) is 0 Å². The van der Waals surface area contributed by atoms with Crippen molar-refractivity contribution in [3.05, 3.63) is 46.5 Å². The number of benzene rings is 1. The Bertz CT molecular complexity index is 682. The van der Waals surface area contributed by atoms with Crippen LogP contribution in [0.1, 0.15) is 47.1 Å². The average Bonchev–Trinajstić information content (AvgIpc) is 2.90. The molecule has 0 aliphatic rings. The molecule has 0 saturated heterocycles. The number of aromatic nitrogens is 1. The lowest BCUT2D eigenvalue weighted by Crippen LogP contribution is -2.20. The molecule has 0 saturated carbocycles. The Morgan fingerprint density at radius 1 is 1.26 bits per heavy atom. The number of hydrogen-bond acceptors (Lipinski definition) is 5. The summed E-state index contributed by atoms with van der Waals surface area (Å²) in [7, 11) is 0. The third-order valence-electron chi connectivity index (χ3n) is 3.41. The highest BCUT2D eigenvalue weighted by molar-refractivity contribution is 7.17. The molecule has 0 aliphatic carbocycles. The SMILES string of the molecule is CCOC(=O)c1sc(NC(=O)[C@@H](CC)c2ccccc2)nc1C. The molecule has 122 valence electrons. The second-order valence-electron chi connectivity index (χ2n) is 5.01. The smallest absolute Gasteiger partial charge is 0.350 e. The molecular formula is C17H20N2O3S. The first-order valence-electron chi connectivity index (χ1n) is 7.57. The van der Waals surface area contributed by atoms with Gasteiger partial charge in [-0.25, -0.2) is 9.78 Å². The maximum absolute atomic E-state index is 12.5. The van der Waals surface area contributed by atoms with Gasteiger partial charge in [-0.1, -0.05) is 48.6 Å². The first-order chi connectivity index (χ1) is 11.1. The van der Waals surface area contributed by atoms with Crippen LogP contribution in [0.3, 0.4) is 0 Å². The number of carbonyl (C=O) groups excluding carboxylic acids is 2. The minimum absolute atomic E-state index is 0.122. The van der Waals surface area contributed by atoms with Crippen LogP contribution in [0, 0.1) is 6.92 Å². The standard InChI is InChI=1S/C17H20N2O3S/c1-4-13(12-9-7-6-8-10-12)15(20)19-17-18-11(3)14(23-17)16(21)22-5-2/h6-10,13H,4-5H2,1-3H3,(H,18,19,20)/t13-/m0/s1. The van der Waals surface area contributed by atoms with Gasteiger partial charge in [-0.05, 0) is 25.8 Å². The number of ether oxygens (including phenoxy) is 1. The number of thiazole rings is 1. The molecule has 1 N–H and O–H groups in total. The summed E-state index contributed by atoms with van der Waals surface area (Å²) in [5.74, 6) is -0.771. The molecule has 23 heavy (non-hydrogen) atoms. The van der Waals surface area contributed by atoms with E-state index in [1.165, 1.54) is 0 Å². The topological polar surface area (TPSA) is 68.3 Å². The van der Waals surface area contributed by atoms with Gasteiger partial charge in [0.15, 0.2) is 5.13 Å². The lowest BCUT2D eigenvalue weighted by molar-refractivity contribution is -0.117. The Kier molecular flexibility index (Phi) is 5.87. The second-order valence-corrected chi connectivity index (χ2v) is 6.01. The Hall–Kier alpha value is -2.21. The maximum atomic E-state index is 12.5. The highest BCUT2D eigenvalue weighted by atomic mass is 32.1. The third kappa shape index (κ3) is 4.16. The van der Waals surface area contributed by atoms with E-state index in [4.69, 9.17) is 4.74 Å². The number of nitrogens with zero attached hydrogens (tertiary/aromatic N) is 1. The molecule has 2 rings (SSSR count). The average molecular weight is 332 g/mol. The summed E-state index contributed by atoms with van der Waals surface area (Å²) in [6, 6.07) is 9.62. The fourth-order valence-corrected chi connectivity index (χ4v) is 3.15. The molecule has 1 aromatic carbocycles. The van der Waals surface area contributed by atoms with E-state index in [2.05, 4.69) is 10.3 Å². The number of nitrogens with one attached hydrogen (secondary N) is 1. The van der Waals surface area contributed by atoms with E-state index in [9.17, 15) is 9.59 Å². The van der Waals surface area contributed by atoms with E-state index in [-0.39, 0.29) is 11.8 Å². The van der Waals surface area contributed by atoms with Crippen LogP contribution in [0.15, 0.2) is 30.3 Å². The van der Waals surface area contributed by atoms with Crippen molar-refractivity contribution in [2.75, 3.05) is 11.9 Å². The molecule has 5 nitrogen and oxygen atoms in total. The van der Waals surface area contributed by atoms with Crippen molar-refractivity contribution in [1.82, 2.24) is 4.98 Å². The molecule has 6 heteroatoms. The van der Waals surface area contributed by atoms with E-state index < -0.39 is 5.97 Å². The molecule has 2 aromatic rings. The molecule has 0 spiro atoms. The molecule has 0 aliphatic heterocycles. The number of aryl methyl sites for hydroxylation is 1. The summed E-state index contributed by atoms with van der Waals surface area (Å²) >= 11 is 1.14. The van der Waals surface area contributed by atoms with Crippen molar-refractivity contribution in [3.8, 4) is 0 Å². The number of hydrogen-bond donors (Lipinski definition) is 1. The van der Waals surface area contributed by atoms with Gasteiger partial charge in [0.05, 0.1) is 18.2 Å². The predicted octanol–water partition coefficient (Wildman–Crippen LogP) is 3.76. The molecule has 0 fully saturated rings. The van der Waals surface area contributed by atoms with E-state index >= 15 is 0 Å². The lowest BCUT2D eigenvalue weighted by Gasteiger charge is -2.13. The predicted molar refractivity (Wildman–Crippen MR) is 90.9 cm³/mol. The fraction of sp³-hybridized carbons (Fsp3) is 0.353. The summed E-state index contributed by atoms with van der Waals surface area (Å²) in [4.78, 5) is 29.0. The zero-order valence-corrected chi connectivity index (χ0v) is 14.3. The molecule has 1 atom stereocenters. The van der Waals surface area contributed by atoms with E-state index in [0.717, 1.165) is 16.9 Å². The van der Waals surface area contributed by atoms with Gasteiger partial charge in [-0.3, -0.25) is 4.79 Å². The van der Waals surface area contributed by atoms with Crippen molar-refractivity contribution in [2.45, 2.75) is 33.1 Å². The van der Waals surface area contributed by atoms with Crippen molar-refractivity contribution in [2.24, 2.45) is 0 Å². The van der Waals surface area contributed by atoms with Gasteiger partial charge < -0.3 is 10.1 Å².